The highest BCUT2D eigenvalue weighted by molar-refractivity contribution is 9.09. The zero-order valence-corrected chi connectivity index (χ0v) is 7.77. The van der Waals surface area contributed by atoms with Crippen LogP contribution in [-0.4, -0.2) is 4.83 Å². The first-order valence-electron chi connectivity index (χ1n) is 3.12. The third-order valence-corrected chi connectivity index (χ3v) is 2.08. The van der Waals surface area contributed by atoms with Gasteiger partial charge in [-0.25, -0.2) is 0 Å². The molecule has 0 rings (SSSR count). The van der Waals surface area contributed by atoms with E-state index >= 15 is 0 Å². The van der Waals surface area contributed by atoms with E-state index in [1.54, 1.807) is 0 Å². The standard InChI is InChI=1S/C7H14BrN/c1-5(7(3)8)4-6(2)9/h4-5,7H,9H2,1-3H3/b6-4+/t5?,7-/m1/s1. The maximum atomic E-state index is 5.47. The number of alkyl halides is 1. The lowest BCUT2D eigenvalue weighted by atomic mass is 10.1. The Morgan fingerprint density at radius 1 is 1.56 bits per heavy atom. The molecule has 0 amide bonds. The molecule has 0 bridgehead atoms. The number of hydrogen-bond donors (Lipinski definition) is 1. The Kier molecular flexibility index (Phi) is 3.95. The first-order chi connectivity index (χ1) is 4.04. The van der Waals surface area contributed by atoms with Crippen molar-refractivity contribution in [1.82, 2.24) is 0 Å². The van der Waals surface area contributed by atoms with Crippen LogP contribution in [0.5, 0.6) is 0 Å². The van der Waals surface area contributed by atoms with Crippen molar-refractivity contribution in [3.8, 4) is 0 Å². The van der Waals surface area contributed by atoms with Crippen molar-refractivity contribution in [3.63, 3.8) is 0 Å². The summed E-state index contributed by atoms with van der Waals surface area (Å²) < 4.78 is 0. The monoisotopic (exact) mass is 191 g/mol. The van der Waals surface area contributed by atoms with Crippen molar-refractivity contribution in [1.29, 1.82) is 0 Å². The van der Waals surface area contributed by atoms with Crippen molar-refractivity contribution in [2.24, 2.45) is 11.7 Å². The van der Waals surface area contributed by atoms with Crippen LogP contribution >= 0.6 is 15.9 Å². The van der Waals surface area contributed by atoms with E-state index < -0.39 is 0 Å². The topological polar surface area (TPSA) is 26.0 Å². The highest BCUT2D eigenvalue weighted by Crippen LogP contribution is 2.13. The molecule has 0 heterocycles. The molecule has 0 radical (unpaired) electrons. The molecule has 0 aromatic heterocycles. The molecule has 0 saturated carbocycles. The Labute approximate surface area is 65.4 Å². The number of hydrogen-bond acceptors (Lipinski definition) is 1. The Hall–Kier alpha value is 0.0200. The van der Waals surface area contributed by atoms with Gasteiger partial charge in [-0.3, -0.25) is 0 Å². The van der Waals surface area contributed by atoms with E-state index in [1.165, 1.54) is 0 Å². The van der Waals surface area contributed by atoms with Crippen molar-refractivity contribution in [3.05, 3.63) is 11.8 Å². The molecule has 0 saturated heterocycles. The van der Waals surface area contributed by atoms with E-state index in [4.69, 9.17) is 5.73 Å². The molecular formula is C7H14BrN. The highest BCUT2D eigenvalue weighted by Gasteiger charge is 2.03. The van der Waals surface area contributed by atoms with Gasteiger partial charge in [-0.1, -0.05) is 35.9 Å². The van der Waals surface area contributed by atoms with Gasteiger partial charge in [0.1, 0.15) is 0 Å². The number of nitrogens with two attached hydrogens (primary N) is 1. The molecule has 2 heteroatoms. The molecule has 0 aromatic rings. The number of rotatable bonds is 2. The van der Waals surface area contributed by atoms with Crippen LogP contribution in [0.4, 0.5) is 0 Å². The molecule has 0 spiro atoms. The quantitative estimate of drug-likeness (QED) is 0.667. The van der Waals surface area contributed by atoms with E-state index in [-0.39, 0.29) is 0 Å². The summed E-state index contributed by atoms with van der Waals surface area (Å²) in [5, 5.41) is 0. The minimum atomic E-state index is 0.510. The van der Waals surface area contributed by atoms with Gasteiger partial charge in [-0.05, 0) is 12.8 Å². The first kappa shape index (κ1) is 9.02. The Morgan fingerprint density at radius 3 is 2.11 bits per heavy atom. The fourth-order valence-corrected chi connectivity index (χ4v) is 0.700. The summed E-state index contributed by atoms with van der Waals surface area (Å²) in [5.41, 5.74) is 6.37. The lowest BCUT2D eigenvalue weighted by Gasteiger charge is -2.08. The zero-order valence-electron chi connectivity index (χ0n) is 6.19. The molecule has 0 fully saturated rings. The van der Waals surface area contributed by atoms with Crippen molar-refractivity contribution >= 4 is 15.9 Å². The average molecular weight is 192 g/mol. The van der Waals surface area contributed by atoms with Crippen molar-refractivity contribution < 1.29 is 0 Å². The smallest absolute Gasteiger partial charge is 0.0178 e. The van der Waals surface area contributed by atoms with Crippen LogP contribution in [-0.2, 0) is 0 Å². The van der Waals surface area contributed by atoms with E-state index in [2.05, 4.69) is 35.9 Å². The maximum Gasteiger partial charge on any atom is 0.0178 e. The molecule has 2 N–H and O–H groups in total. The minimum absolute atomic E-state index is 0.510. The molecule has 0 aliphatic carbocycles. The van der Waals surface area contributed by atoms with Crippen LogP contribution in [0.1, 0.15) is 20.8 Å². The second kappa shape index (κ2) is 3.94. The number of allylic oxidation sites excluding steroid dienone is 2. The zero-order chi connectivity index (χ0) is 7.44. The molecular weight excluding hydrogens is 178 g/mol. The van der Waals surface area contributed by atoms with Gasteiger partial charge in [0, 0.05) is 10.5 Å². The van der Waals surface area contributed by atoms with Crippen LogP contribution < -0.4 is 5.73 Å². The van der Waals surface area contributed by atoms with Gasteiger partial charge in [-0.2, -0.15) is 0 Å². The second-order valence-electron chi connectivity index (χ2n) is 2.45. The molecule has 54 valence electrons. The number of halogens is 1. The fraction of sp³-hybridized carbons (Fsp3) is 0.714. The largest absolute Gasteiger partial charge is 0.403 e. The Morgan fingerprint density at radius 2 is 2.00 bits per heavy atom. The SMILES string of the molecule is C/C(N)=C\C(C)[C@@H](C)Br. The summed E-state index contributed by atoms with van der Waals surface area (Å²) >= 11 is 3.47. The summed E-state index contributed by atoms with van der Waals surface area (Å²) in [4.78, 5) is 0.510. The molecule has 1 nitrogen and oxygen atoms in total. The summed E-state index contributed by atoms with van der Waals surface area (Å²) in [5.74, 6) is 0.523. The molecule has 9 heavy (non-hydrogen) atoms. The van der Waals surface area contributed by atoms with Crippen molar-refractivity contribution in [2.45, 2.75) is 25.6 Å². The predicted octanol–water partition coefficient (Wildman–Crippen LogP) is 2.27. The van der Waals surface area contributed by atoms with Gasteiger partial charge in [0.15, 0.2) is 0 Å². The lowest BCUT2D eigenvalue weighted by Crippen LogP contribution is -2.05. The van der Waals surface area contributed by atoms with E-state index in [0.29, 0.717) is 10.7 Å². The van der Waals surface area contributed by atoms with E-state index in [1.807, 2.05) is 6.92 Å². The maximum absolute atomic E-state index is 5.47. The van der Waals surface area contributed by atoms with E-state index in [9.17, 15) is 0 Å². The van der Waals surface area contributed by atoms with Crippen LogP contribution in [0.15, 0.2) is 11.8 Å². The summed E-state index contributed by atoms with van der Waals surface area (Å²) in [6.07, 6.45) is 2.05. The van der Waals surface area contributed by atoms with Crippen LogP contribution in [0.3, 0.4) is 0 Å². The first-order valence-corrected chi connectivity index (χ1v) is 4.03. The van der Waals surface area contributed by atoms with Gasteiger partial charge >= 0.3 is 0 Å². The molecule has 1 unspecified atom stereocenters. The van der Waals surface area contributed by atoms with E-state index in [0.717, 1.165) is 5.70 Å². The Bertz CT molecular complexity index is 103. The van der Waals surface area contributed by atoms with Gasteiger partial charge < -0.3 is 5.73 Å². The summed E-state index contributed by atoms with van der Waals surface area (Å²) in [6.45, 7) is 6.16. The van der Waals surface area contributed by atoms with Gasteiger partial charge in [-0.15, -0.1) is 0 Å². The molecule has 0 aliphatic heterocycles. The normalized spacial score (nSPS) is 19.3. The van der Waals surface area contributed by atoms with Crippen LogP contribution in [0, 0.1) is 5.92 Å². The Balaban J connectivity index is 3.76. The molecule has 0 aromatic carbocycles. The van der Waals surface area contributed by atoms with Gasteiger partial charge in [0.25, 0.3) is 0 Å². The molecule has 2 atom stereocenters. The lowest BCUT2D eigenvalue weighted by molar-refractivity contribution is 0.719. The summed E-state index contributed by atoms with van der Waals surface area (Å²) in [6, 6.07) is 0. The highest BCUT2D eigenvalue weighted by atomic mass is 79.9. The average Bonchev–Trinajstić information content (AvgIpc) is 1.63. The minimum Gasteiger partial charge on any atom is -0.403 e. The summed E-state index contributed by atoms with van der Waals surface area (Å²) in [7, 11) is 0. The molecule has 0 aliphatic rings. The van der Waals surface area contributed by atoms with Gasteiger partial charge in [0.05, 0.1) is 0 Å². The predicted molar refractivity (Wildman–Crippen MR) is 45.5 cm³/mol. The third-order valence-electron chi connectivity index (χ3n) is 1.25. The third kappa shape index (κ3) is 4.52. The second-order valence-corrected chi connectivity index (χ2v) is 3.89. The van der Waals surface area contributed by atoms with Crippen LogP contribution in [0.25, 0.3) is 0 Å². The van der Waals surface area contributed by atoms with Crippen molar-refractivity contribution in [2.75, 3.05) is 0 Å². The van der Waals surface area contributed by atoms with Crippen LogP contribution in [0.2, 0.25) is 0 Å². The fourth-order valence-electron chi connectivity index (χ4n) is 0.547. The van der Waals surface area contributed by atoms with Gasteiger partial charge in [0.2, 0.25) is 0 Å².